The van der Waals surface area contributed by atoms with E-state index < -0.39 is 6.23 Å². The molecule has 0 bridgehead atoms. The van der Waals surface area contributed by atoms with Crippen LogP contribution in [0.3, 0.4) is 0 Å². The molecular weight excluding hydrogens is 422 g/mol. The Kier molecular flexibility index (Phi) is 7.49. The molecule has 6 heteroatoms. The van der Waals surface area contributed by atoms with Crippen LogP contribution < -0.4 is 11.1 Å². The molecule has 3 saturated heterocycles. The van der Waals surface area contributed by atoms with E-state index in [-0.39, 0.29) is 18.0 Å². The number of hydrogen-bond donors (Lipinski definition) is 3. The number of nitriles is 1. The van der Waals surface area contributed by atoms with Crippen LogP contribution in [-0.4, -0.2) is 72.5 Å². The molecule has 0 amide bonds. The molecule has 0 aromatic carbocycles. The molecule has 6 nitrogen and oxygen atoms in total. The second-order valence-corrected chi connectivity index (χ2v) is 12.0. The Bertz CT molecular complexity index is 804. The van der Waals surface area contributed by atoms with Gasteiger partial charge in [0.15, 0.2) is 0 Å². The number of nitrogens with zero attached hydrogens (tertiary/aromatic N) is 3. The number of likely N-dealkylation sites (tertiary alicyclic amines) is 2. The molecule has 2 aliphatic carbocycles. The highest BCUT2D eigenvalue weighted by atomic mass is 16.3. The van der Waals surface area contributed by atoms with Crippen molar-refractivity contribution in [3.05, 3.63) is 23.8 Å². The number of aliphatic hydroxyl groups is 1. The summed E-state index contributed by atoms with van der Waals surface area (Å²) in [5, 5.41) is 24.4. The van der Waals surface area contributed by atoms with Crippen molar-refractivity contribution in [1.82, 2.24) is 15.1 Å². The summed E-state index contributed by atoms with van der Waals surface area (Å²) in [6.07, 6.45) is 14.4. The molecule has 0 radical (unpaired) electrons. The van der Waals surface area contributed by atoms with Gasteiger partial charge in [0.1, 0.15) is 6.23 Å². The molecule has 1 saturated carbocycles. The molecule has 188 valence electrons. The van der Waals surface area contributed by atoms with Crippen molar-refractivity contribution in [2.45, 2.75) is 76.2 Å². The zero-order chi connectivity index (χ0) is 23.8. The van der Waals surface area contributed by atoms with Gasteiger partial charge in [0, 0.05) is 55.5 Å². The summed E-state index contributed by atoms with van der Waals surface area (Å²) >= 11 is 0. The van der Waals surface area contributed by atoms with Crippen molar-refractivity contribution in [2.75, 3.05) is 33.2 Å². The third-order valence-corrected chi connectivity index (χ3v) is 10.0. The molecule has 3 aliphatic heterocycles. The summed E-state index contributed by atoms with van der Waals surface area (Å²) in [5.41, 5.74) is 7.88. The van der Waals surface area contributed by atoms with Crippen molar-refractivity contribution < 1.29 is 5.11 Å². The molecular formula is C28H45N5O. The normalized spacial score (nSPS) is 43.2. The van der Waals surface area contributed by atoms with Gasteiger partial charge in [-0.05, 0) is 81.9 Å². The molecule has 4 N–H and O–H groups in total. The van der Waals surface area contributed by atoms with E-state index in [4.69, 9.17) is 5.73 Å². The smallest absolute Gasteiger partial charge is 0.133 e. The fraction of sp³-hybridized carbons (Fsp3) is 0.821. The Labute approximate surface area is 206 Å². The maximum absolute atomic E-state index is 11.3. The molecule has 7 atom stereocenters. The van der Waals surface area contributed by atoms with E-state index in [0.717, 1.165) is 56.4 Å². The van der Waals surface area contributed by atoms with Crippen molar-refractivity contribution >= 4 is 0 Å². The summed E-state index contributed by atoms with van der Waals surface area (Å²) in [7, 11) is 2.21. The molecule has 0 aromatic rings. The van der Waals surface area contributed by atoms with E-state index in [1.807, 2.05) is 0 Å². The summed E-state index contributed by atoms with van der Waals surface area (Å²) in [6.45, 7) is 6.44. The van der Waals surface area contributed by atoms with Crippen LogP contribution in [0.2, 0.25) is 0 Å². The highest BCUT2D eigenvalue weighted by molar-refractivity contribution is 5.30. The third-order valence-electron chi connectivity index (χ3n) is 10.0. The lowest BCUT2D eigenvalue weighted by molar-refractivity contribution is -0.000119. The van der Waals surface area contributed by atoms with Crippen molar-refractivity contribution in [3.8, 4) is 6.07 Å². The fourth-order valence-corrected chi connectivity index (χ4v) is 7.73. The topological polar surface area (TPSA) is 88.5 Å². The van der Waals surface area contributed by atoms with Gasteiger partial charge < -0.3 is 21.1 Å². The van der Waals surface area contributed by atoms with E-state index in [2.05, 4.69) is 53.4 Å². The average molecular weight is 468 g/mol. The monoisotopic (exact) mass is 467 g/mol. The maximum Gasteiger partial charge on any atom is 0.133 e. The van der Waals surface area contributed by atoms with Crippen LogP contribution in [0, 0.1) is 46.8 Å². The number of piperidine rings is 2. The highest BCUT2D eigenvalue weighted by Crippen LogP contribution is 2.39. The van der Waals surface area contributed by atoms with E-state index in [0.29, 0.717) is 23.8 Å². The number of nitrogens with one attached hydrogen (secondary N) is 1. The van der Waals surface area contributed by atoms with Gasteiger partial charge in [-0.3, -0.25) is 4.90 Å². The minimum Gasteiger partial charge on any atom is -0.374 e. The van der Waals surface area contributed by atoms with Crippen molar-refractivity contribution in [1.29, 1.82) is 5.26 Å². The summed E-state index contributed by atoms with van der Waals surface area (Å²) in [6, 6.07) is 3.43. The molecule has 7 unspecified atom stereocenters. The standard InChI is InChI=1S/C28H45N5O/c1-18-3-6-22(15-23(18)27-26(30)24-17-32(2)12-11-25(24)31-27)28(34)33-13-9-21(10-14-33)20-7-4-19(16-29)5-8-20/h3,6,15,18-21,23-28,31,34H,4-5,7-14,17,30H2,1-2H3. The van der Waals surface area contributed by atoms with Crippen LogP contribution in [0.4, 0.5) is 0 Å². The number of aliphatic hydroxyl groups excluding tert-OH is 1. The number of nitrogens with two attached hydrogens (primary N) is 1. The van der Waals surface area contributed by atoms with Gasteiger partial charge in [-0.2, -0.15) is 5.26 Å². The first-order chi connectivity index (χ1) is 16.4. The van der Waals surface area contributed by atoms with E-state index in [1.54, 1.807) is 0 Å². The quantitative estimate of drug-likeness (QED) is 0.589. The second-order valence-electron chi connectivity index (χ2n) is 12.0. The predicted octanol–water partition coefficient (Wildman–Crippen LogP) is 2.71. The van der Waals surface area contributed by atoms with Gasteiger partial charge in [0.2, 0.25) is 0 Å². The average Bonchev–Trinajstić information content (AvgIpc) is 3.19. The third kappa shape index (κ3) is 4.88. The molecule has 0 spiro atoms. The predicted molar refractivity (Wildman–Crippen MR) is 136 cm³/mol. The fourth-order valence-electron chi connectivity index (χ4n) is 7.73. The molecule has 4 fully saturated rings. The van der Waals surface area contributed by atoms with Gasteiger partial charge in [0.05, 0.1) is 6.07 Å². The van der Waals surface area contributed by atoms with Crippen molar-refractivity contribution in [2.24, 2.45) is 41.2 Å². The van der Waals surface area contributed by atoms with Gasteiger partial charge >= 0.3 is 0 Å². The summed E-state index contributed by atoms with van der Waals surface area (Å²) in [5.74, 6) is 3.09. The van der Waals surface area contributed by atoms with E-state index >= 15 is 0 Å². The van der Waals surface area contributed by atoms with Gasteiger partial charge in [-0.15, -0.1) is 0 Å². The van der Waals surface area contributed by atoms with Crippen LogP contribution in [0.15, 0.2) is 23.8 Å². The maximum atomic E-state index is 11.3. The van der Waals surface area contributed by atoms with Gasteiger partial charge in [-0.25, -0.2) is 0 Å². The second kappa shape index (κ2) is 10.4. The number of allylic oxidation sites excluding steroid dienone is 1. The van der Waals surface area contributed by atoms with Crippen LogP contribution in [-0.2, 0) is 0 Å². The highest BCUT2D eigenvalue weighted by Gasteiger charge is 2.46. The van der Waals surface area contributed by atoms with Crippen LogP contribution in [0.1, 0.15) is 51.9 Å². The van der Waals surface area contributed by atoms with E-state index in [1.165, 1.54) is 32.1 Å². The lowest BCUT2D eigenvalue weighted by atomic mass is 9.73. The Balaban J connectivity index is 1.19. The lowest BCUT2D eigenvalue weighted by Gasteiger charge is -2.41. The van der Waals surface area contributed by atoms with Gasteiger partial charge in [0.25, 0.3) is 0 Å². The van der Waals surface area contributed by atoms with Gasteiger partial charge in [-0.1, -0.05) is 25.2 Å². The first-order valence-corrected chi connectivity index (χ1v) is 13.9. The zero-order valence-electron chi connectivity index (χ0n) is 21.1. The molecule has 34 heavy (non-hydrogen) atoms. The first kappa shape index (κ1) is 24.5. The Hall–Kier alpha value is -1.23. The largest absolute Gasteiger partial charge is 0.374 e. The van der Waals surface area contributed by atoms with Crippen LogP contribution in [0.5, 0.6) is 0 Å². The Morgan fingerprint density at radius 1 is 1.09 bits per heavy atom. The minimum absolute atomic E-state index is 0.160. The lowest BCUT2D eigenvalue weighted by Crippen LogP contribution is -2.48. The minimum atomic E-state index is -0.521. The van der Waals surface area contributed by atoms with Crippen molar-refractivity contribution in [3.63, 3.8) is 0 Å². The Morgan fingerprint density at radius 3 is 2.50 bits per heavy atom. The number of fused-ring (bicyclic) bond motifs is 1. The Morgan fingerprint density at radius 2 is 1.79 bits per heavy atom. The molecule has 0 aromatic heterocycles. The first-order valence-electron chi connectivity index (χ1n) is 13.9. The number of hydrogen-bond acceptors (Lipinski definition) is 6. The van der Waals surface area contributed by atoms with E-state index in [9.17, 15) is 10.4 Å². The van der Waals surface area contributed by atoms with Crippen LogP contribution >= 0.6 is 0 Å². The molecule has 3 heterocycles. The zero-order valence-corrected chi connectivity index (χ0v) is 21.1. The summed E-state index contributed by atoms with van der Waals surface area (Å²) in [4.78, 5) is 4.69. The number of rotatable bonds is 4. The molecule has 5 aliphatic rings. The summed E-state index contributed by atoms with van der Waals surface area (Å²) < 4.78 is 0. The SMILES string of the molecule is CC1C=CC(C(O)N2CCC(C3CCC(C#N)CC3)CC2)=CC1C1NC2CCN(C)CC2C1N. The molecule has 5 rings (SSSR count). The van der Waals surface area contributed by atoms with Crippen LogP contribution in [0.25, 0.3) is 0 Å².